The molecule has 8 heteroatoms. The summed E-state index contributed by atoms with van der Waals surface area (Å²) in [5, 5.41) is 5.44. The molecule has 6 N–H and O–H groups in total. The van der Waals surface area contributed by atoms with Gasteiger partial charge in [0.1, 0.15) is 0 Å². The van der Waals surface area contributed by atoms with E-state index < -0.39 is 7.82 Å². The Kier molecular flexibility index (Phi) is 22.3. The molecule has 128 valence electrons. The van der Waals surface area contributed by atoms with E-state index in [1.165, 1.54) is 7.05 Å². The molecule has 0 aliphatic heterocycles. The van der Waals surface area contributed by atoms with Gasteiger partial charge in [0, 0.05) is 13.6 Å². The van der Waals surface area contributed by atoms with Gasteiger partial charge in [-0.25, -0.2) is 4.57 Å². The molecule has 7 nitrogen and oxygen atoms in total. The predicted octanol–water partition coefficient (Wildman–Crippen LogP) is 1.42. The van der Waals surface area contributed by atoms with Gasteiger partial charge in [-0.3, -0.25) is 4.52 Å². The molecule has 0 aliphatic carbocycles. The molecule has 0 saturated heterocycles. The lowest BCUT2D eigenvalue weighted by molar-refractivity contribution is 0.198. The van der Waals surface area contributed by atoms with Gasteiger partial charge in [-0.1, -0.05) is 56.2 Å². The van der Waals surface area contributed by atoms with Gasteiger partial charge >= 0.3 is 7.82 Å². The smallest absolute Gasteiger partial charge is 0.375 e. The van der Waals surface area contributed by atoms with Crippen LogP contribution >= 0.6 is 7.82 Å². The summed E-state index contributed by atoms with van der Waals surface area (Å²) in [5.41, 5.74) is 4.50. The van der Waals surface area contributed by atoms with Crippen molar-refractivity contribution in [1.82, 2.24) is 10.6 Å². The van der Waals surface area contributed by atoms with Gasteiger partial charge in [0.05, 0.1) is 12.4 Å². The van der Waals surface area contributed by atoms with E-state index in [4.69, 9.17) is 9.79 Å². The lowest BCUT2D eigenvalue weighted by Crippen LogP contribution is -2.25. The average molecular weight is 333 g/mol. The molecule has 0 aromatic carbocycles. The highest BCUT2D eigenvalue weighted by Gasteiger charge is 2.12. The molecule has 0 heterocycles. The average Bonchev–Trinajstić information content (AvgIpc) is 2.49. The first-order valence-electron chi connectivity index (χ1n) is 6.32. The van der Waals surface area contributed by atoms with Gasteiger partial charge in [0.15, 0.2) is 0 Å². The summed E-state index contributed by atoms with van der Waals surface area (Å²) in [6.07, 6.45) is 11.0. The highest BCUT2D eigenvalue weighted by atomic mass is 31.2. The van der Waals surface area contributed by atoms with Gasteiger partial charge in [-0.2, -0.15) is 0 Å². The van der Waals surface area contributed by atoms with Crippen LogP contribution in [-0.4, -0.2) is 37.0 Å². The zero-order chi connectivity index (χ0) is 17.9. The minimum absolute atomic E-state index is 0.0645. The topological polar surface area (TPSA) is 117 Å². The van der Waals surface area contributed by atoms with E-state index in [1.54, 1.807) is 19.2 Å². The second-order valence-corrected chi connectivity index (χ2v) is 4.46. The van der Waals surface area contributed by atoms with Gasteiger partial charge < -0.3 is 26.2 Å². The summed E-state index contributed by atoms with van der Waals surface area (Å²) in [6.45, 7) is 10.8. The first-order valence-corrected chi connectivity index (χ1v) is 7.85. The molecular weight excluding hydrogens is 305 g/mol. The van der Waals surface area contributed by atoms with Crippen molar-refractivity contribution in [2.45, 2.75) is 0 Å². The van der Waals surface area contributed by atoms with Crippen molar-refractivity contribution < 1.29 is 18.9 Å². The number of nitrogens with two attached hydrogens (primary N) is 1. The van der Waals surface area contributed by atoms with E-state index in [2.05, 4.69) is 40.6 Å². The van der Waals surface area contributed by atoms with Crippen LogP contribution in [0.15, 0.2) is 62.0 Å². The second-order valence-electron chi connectivity index (χ2n) is 3.22. The number of phosphoric ester groups is 1. The van der Waals surface area contributed by atoms with Gasteiger partial charge in [0.2, 0.25) is 0 Å². The summed E-state index contributed by atoms with van der Waals surface area (Å²) in [4.78, 5) is 16.5. The fraction of sp³-hybridized carbons (Fsp3) is 0.286. The minimum Gasteiger partial charge on any atom is -0.375 e. The van der Waals surface area contributed by atoms with E-state index in [0.29, 0.717) is 12.4 Å². The van der Waals surface area contributed by atoms with Crippen molar-refractivity contribution in [3.05, 3.63) is 62.0 Å². The maximum Gasteiger partial charge on any atom is 0.469 e. The molecule has 0 unspecified atom stereocenters. The van der Waals surface area contributed by atoms with E-state index in [0.717, 1.165) is 0 Å². The van der Waals surface area contributed by atoms with Crippen LogP contribution in [0.1, 0.15) is 0 Å². The molecule has 0 radical (unpaired) electrons. The molecule has 0 aromatic heterocycles. The van der Waals surface area contributed by atoms with Crippen LogP contribution in [0, 0.1) is 0 Å². The quantitative estimate of drug-likeness (QED) is 0.246. The number of hydrogen-bond donors (Lipinski definition) is 5. The first kappa shape index (κ1) is 25.3. The van der Waals surface area contributed by atoms with E-state index in [1.807, 2.05) is 24.3 Å². The molecule has 0 aromatic rings. The summed E-state index contributed by atoms with van der Waals surface area (Å²) >= 11 is 0. The van der Waals surface area contributed by atoms with Crippen LogP contribution in [0.2, 0.25) is 0 Å². The Hall–Kier alpha value is -1.63. The molecule has 0 bridgehead atoms. The molecule has 22 heavy (non-hydrogen) atoms. The van der Waals surface area contributed by atoms with Crippen LogP contribution in [0.25, 0.3) is 0 Å². The SMILES string of the molecule is C=C(NC)NCCOP(=O)(O)O.C=C/C=C\C=C/C=C.CN. The Balaban J connectivity index is -0.000000313. The number of phosphoric acid groups is 1. The molecule has 0 amide bonds. The number of nitrogens with one attached hydrogen (secondary N) is 2. The lowest BCUT2D eigenvalue weighted by Gasteiger charge is -2.08. The first-order chi connectivity index (χ1) is 10.4. The Labute approximate surface area is 133 Å². The Bertz CT molecular complexity index is 374. The van der Waals surface area contributed by atoms with Crippen molar-refractivity contribution in [2.75, 3.05) is 27.2 Å². The van der Waals surface area contributed by atoms with E-state index >= 15 is 0 Å². The van der Waals surface area contributed by atoms with Crippen LogP contribution in [-0.2, 0) is 9.09 Å². The normalized spacial score (nSPS) is 10.0. The molecule has 0 fully saturated rings. The minimum atomic E-state index is -4.32. The largest absolute Gasteiger partial charge is 0.469 e. The highest BCUT2D eigenvalue weighted by molar-refractivity contribution is 7.46. The van der Waals surface area contributed by atoms with E-state index in [9.17, 15) is 4.57 Å². The molecular formula is C14H28N3O4P. The lowest BCUT2D eigenvalue weighted by atomic mass is 10.4. The second kappa shape index (κ2) is 19.4. The maximum absolute atomic E-state index is 10.2. The summed E-state index contributed by atoms with van der Waals surface area (Å²) in [7, 11) is -1.14. The van der Waals surface area contributed by atoms with Crippen LogP contribution < -0.4 is 16.4 Å². The fourth-order valence-corrected chi connectivity index (χ4v) is 1.07. The standard InChI is InChI=1S/C8H10.C5H13N2O4P.CH5N/c1-3-5-7-8-6-4-2;1-5(6-2)7-3-4-11-12(8,9)10;1-2/h3-8H,1-2H2;6-7H,1,3-4H2,2H3,(H2,8,9,10);2H2,1H3/b7-5-,8-6-;;. The summed E-state index contributed by atoms with van der Waals surface area (Å²) in [6, 6.07) is 0. The molecule has 0 spiro atoms. The van der Waals surface area contributed by atoms with Crippen LogP contribution in [0.3, 0.4) is 0 Å². The maximum atomic E-state index is 10.2. The van der Waals surface area contributed by atoms with Crippen molar-refractivity contribution in [3.8, 4) is 0 Å². The van der Waals surface area contributed by atoms with Crippen LogP contribution in [0.4, 0.5) is 0 Å². The van der Waals surface area contributed by atoms with Gasteiger partial charge in [0.25, 0.3) is 0 Å². The monoisotopic (exact) mass is 333 g/mol. The van der Waals surface area contributed by atoms with Crippen molar-refractivity contribution in [1.29, 1.82) is 0 Å². The summed E-state index contributed by atoms with van der Waals surface area (Å²) < 4.78 is 14.3. The van der Waals surface area contributed by atoms with Gasteiger partial charge in [-0.05, 0) is 7.05 Å². The van der Waals surface area contributed by atoms with Gasteiger partial charge in [-0.15, -0.1) is 0 Å². The molecule has 0 atom stereocenters. The Morgan fingerprint density at radius 2 is 1.64 bits per heavy atom. The van der Waals surface area contributed by atoms with E-state index in [-0.39, 0.29) is 6.61 Å². The van der Waals surface area contributed by atoms with Crippen molar-refractivity contribution in [2.24, 2.45) is 5.73 Å². The third-order valence-electron chi connectivity index (χ3n) is 1.61. The molecule has 0 rings (SSSR count). The number of allylic oxidation sites excluding steroid dienone is 6. The third-order valence-corrected chi connectivity index (χ3v) is 2.13. The zero-order valence-electron chi connectivity index (χ0n) is 13.2. The predicted molar refractivity (Wildman–Crippen MR) is 93.0 cm³/mol. The zero-order valence-corrected chi connectivity index (χ0v) is 14.1. The highest BCUT2D eigenvalue weighted by Crippen LogP contribution is 2.34. The summed E-state index contributed by atoms with van der Waals surface area (Å²) in [5.74, 6) is 0.573. The Morgan fingerprint density at radius 3 is 1.95 bits per heavy atom. The fourth-order valence-electron chi connectivity index (χ4n) is 0.740. The number of rotatable bonds is 9. The van der Waals surface area contributed by atoms with Crippen LogP contribution in [0.5, 0.6) is 0 Å². The van der Waals surface area contributed by atoms with Crippen molar-refractivity contribution >= 4 is 7.82 Å². The van der Waals surface area contributed by atoms with Crippen molar-refractivity contribution in [3.63, 3.8) is 0 Å². The Morgan fingerprint density at radius 1 is 1.18 bits per heavy atom. The molecule has 0 aliphatic rings. The third kappa shape index (κ3) is 31.0. The molecule has 0 saturated carbocycles. The number of hydrogen-bond acceptors (Lipinski definition) is 5.